The van der Waals surface area contributed by atoms with Crippen molar-refractivity contribution in [3.05, 3.63) is 0 Å². The molecular weight excluding hydrogens is 244 g/mol. The van der Waals surface area contributed by atoms with Gasteiger partial charge >= 0.3 is 0 Å². The van der Waals surface area contributed by atoms with Crippen LogP contribution in [0.1, 0.15) is 19.3 Å². The van der Waals surface area contributed by atoms with Gasteiger partial charge in [0, 0.05) is 32.4 Å². The van der Waals surface area contributed by atoms with Gasteiger partial charge in [0.05, 0.1) is 5.25 Å². The van der Waals surface area contributed by atoms with E-state index in [2.05, 4.69) is 17.9 Å². The van der Waals surface area contributed by atoms with Gasteiger partial charge in [0.2, 0.25) is 17.7 Å². The van der Waals surface area contributed by atoms with Crippen LogP contribution in [-0.4, -0.2) is 47.2 Å². The van der Waals surface area contributed by atoms with Crippen LogP contribution >= 0.6 is 12.6 Å². The van der Waals surface area contributed by atoms with Crippen molar-refractivity contribution in [3.8, 4) is 0 Å². The smallest absolute Gasteiger partial charge is 0.242 e. The molecule has 17 heavy (non-hydrogen) atoms. The van der Waals surface area contributed by atoms with Crippen molar-refractivity contribution in [2.75, 3.05) is 13.1 Å². The minimum atomic E-state index is -0.583. The number of amides is 3. The van der Waals surface area contributed by atoms with E-state index < -0.39 is 5.25 Å². The minimum absolute atomic E-state index is 0.0524. The number of likely N-dealkylation sites (tertiary alicyclic amines) is 1. The van der Waals surface area contributed by atoms with Crippen LogP contribution in [0.15, 0.2) is 0 Å². The summed E-state index contributed by atoms with van der Waals surface area (Å²) in [4.78, 5) is 45.1. The second-order valence-electron chi connectivity index (χ2n) is 3.66. The molecule has 1 unspecified atom stereocenters. The fraction of sp³-hybridized carbons (Fsp3) is 0.600. The largest absolute Gasteiger partial charge is 0.356 e. The Kier molecular flexibility index (Phi) is 5.14. The second-order valence-corrected chi connectivity index (χ2v) is 4.28. The molecule has 1 aliphatic heterocycles. The Hall–Kier alpha value is -1.37. The molecule has 1 aliphatic rings. The first-order chi connectivity index (χ1) is 8.06. The van der Waals surface area contributed by atoms with Crippen LogP contribution < -0.4 is 5.32 Å². The molecule has 1 heterocycles. The molecule has 0 aliphatic carbocycles. The number of carbonyl (C=O) groups is 4. The first-order valence-corrected chi connectivity index (χ1v) is 5.80. The molecule has 0 saturated carbocycles. The quantitative estimate of drug-likeness (QED) is 0.281. The molecule has 6 nitrogen and oxygen atoms in total. The fourth-order valence-corrected chi connectivity index (χ4v) is 1.77. The van der Waals surface area contributed by atoms with Gasteiger partial charge in [-0.25, -0.2) is 0 Å². The Morgan fingerprint density at radius 3 is 2.76 bits per heavy atom. The maximum absolute atomic E-state index is 11.4. The molecule has 0 bridgehead atoms. The summed E-state index contributed by atoms with van der Waals surface area (Å²) in [5, 5.41) is 1.93. The lowest BCUT2D eigenvalue weighted by atomic mass is 10.3. The van der Waals surface area contributed by atoms with Crippen LogP contribution in [0.2, 0.25) is 0 Å². The van der Waals surface area contributed by atoms with E-state index >= 15 is 0 Å². The molecule has 1 rings (SSSR count). The van der Waals surface area contributed by atoms with Gasteiger partial charge < -0.3 is 10.1 Å². The lowest BCUT2D eigenvalue weighted by Gasteiger charge is -2.13. The summed E-state index contributed by atoms with van der Waals surface area (Å²) in [5.74, 6) is -0.926. The summed E-state index contributed by atoms with van der Waals surface area (Å²) in [6, 6.07) is 0. The first-order valence-electron chi connectivity index (χ1n) is 5.29. The molecule has 0 spiro atoms. The highest BCUT2D eigenvalue weighted by Crippen LogP contribution is 2.17. The Balaban J connectivity index is 2.30. The molecule has 0 radical (unpaired) electrons. The normalized spacial score (nSPS) is 19.6. The van der Waals surface area contributed by atoms with Crippen molar-refractivity contribution in [2.45, 2.75) is 24.5 Å². The SMILES string of the molecule is O=CCCNC(=O)CCN1C(=O)CC(S)C1=O. The molecule has 1 N–H and O–H groups in total. The van der Waals surface area contributed by atoms with Gasteiger partial charge in [-0.3, -0.25) is 19.3 Å². The van der Waals surface area contributed by atoms with E-state index in [1.165, 1.54) is 0 Å². The molecule has 1 saturated heterocycles. The van der Waals surface area contributed by atoms with E-state index in [1.54, 1.807) is 0 Å². The molecule has 7 heteroatoms. The predicted molar refractivity (Wildman–Crippen MR) is 62.4 cm³/mol. The summed E-state index contributed by atoms with van der Waals surface area (Å²) in [6.45, 7) is 0.348. The third-order valence-corrected chi connectivity index (χ3v) is 2.77. The van der Waals surface area contributed by atoms with E-state index in [0.717, 1.165) is 4.90 Å². The van der Waals surface area contributed by atoms with E-state index in [1.807, 2.05) is 0 Å². The second kappa shape index (κ2) is 6.39. The first kappa shape index (κ1) is 13.7. The summed E-state index contributed by atoms with van der Waals surface area (Å²) in [7, 11) is 0. The van der Waals surface area contributed by atoms with Crippen LogP contribution in [0, 0.1) is 0 Å². The van der Waals surface area contributed by atoms with Crippen LogP contribution in [0.3, 0.4) is 0 Å². The third-order valence-electron chi connectivity index (χ3n) is 2.37. The number of nitrogens with one attached hydrogen (secondary N) is 1. The van der Waals surface area contributed by atoms with Crippen LogP contribution in [-0.2, 0) is 19.2 Å². The predicted octanol–water partition coefficient (Wildman–Crippen LogP) is -0.861. The highest BCUT2D eigenvalue weighted by atomic mass is 32.1. The highest BCUT2D eigenvalue weighted by molar-refractivity contribution is 7.81. The van der Waals surface area contributed by atoms with Crippen molar-refractivity contribution in [1.82, 2.24) is 10.2 Å². The fourth-order valence-electron chi connectivity index (χ4n) is 1.47. The van der Waals surface area contributed by atoms with Gasteiger partial charge in [0.1, 0.15) is 6.29 Å². The summed E-state index contributed by atoms with van der Waals surface area (Å²) in [6.07, 6.45) is 1.11. The topological polar surface area (TPSA) is 83.6 Å². The zero-order valence-electron chi connectivity index (χ0n) is 9.22. The van der Waals surface area contributed by atoms with Crippen molar-refractivity contribution in [3.63, 3.8) is 0 Å². The van der Waals surface area contributed by atoms with E-state index in [4.69, 9.17) is 0 Å². The molecule has 0 aromatic heterocycles. The standard InChI is InChI=1S/C10H14N2O4S/c13-5-1-3-11-8(14)2-4-12-9(15)6-7(17)10(12)16/h5,7,17H,1-4,6H2,(H,11,14). The van der Waals surface area contributed by atoms with E-state index in [-0.39, 0.29) is 50.1 Å². The highest BCUT2D eigenvalue weighted by Gasteiger charge is 2.36. The van der Waals surface area contributed by atoms with Gasteiger partial charge in [-0.05, 0) is 0 Å². The average Bonchev–Trinajstić information content (AvgIpc) is 2.51. The van der Waals surface area contributed by atoms with Gasteiger partial charge in [-0.15, -0.1) is 0 Å². The van der Waals surface area contributed by atoms with Crippen LogP contribution in [0.5, 0.6) is 0 Å². The number of hydrogen-bond donors (Lipinski definition) is 2. The summed E-state index contributed by atoms with van der Waals surface area (Å²) in [5.41, 5.74) is 0. The molecule has 0 aromatic rings. The van der Waals surface area contributed by atoms with Gasteiger partial charge in [-0.2, -0.15) is 12.6 Å². The molecule has 94 valence electrons. The Morgan fingerprint density at radius 1 is 1.53 bits per heavy atom. The number of aldehydes is 1. The molecular formula is C10H14N2O4S. The van der Waals surface area contributed by atoms with Crippen LogP contribution in [0.25, 0.3) is 0 Å². The number of carbonyl (C=O) groups excluding carboxylic acids is 4. The van der Waals surface area contributed by atoms with E-state index in [0.29, 0.717) is 6.29 Å². The number of imide groups is 1. The van der Waals surface area contributed by atoms with Gasteiger partial charge in [0.25, 0.3) is 0 Å². The van der Waals surface area contributed by atoms with Crippen molar-refractivity contribution >= 4 is 36.6 Å². The van der Waals surface area contributed by atoms with Crippen molar-refractivity contribution < 1.29 is 19.2 Å². The minimum Gasteiger partial charge on any atom is -0.356 e. The zero-order valence-corrected chi connectivity index (χ0v) is 10.1. The summed E-state index contributed by atoms with van der Waals surface area (Å²) >= 11 is 3.97. The van der Waals surface area contributed by atoms with E-state index in [9.17, 15) is 19.2 Å². The lowest BCUT2D eigenvalue weighted by Crippen LogP contribution is -2.35. The molecule has 1 atom stereocenters. The van der Waals surface area contributed by atoms with Crippen molar-refractivity contribution in [1.29, 1.82) is 0 Å². The number of rotatable bonds is 6. The summed E-state index contributed by atoms with van der Waals surface area (Å²) < 4.78 is 0. The number of hydrogen-bond acceptors (Lipinski definition) is 5. The Bertz CT molecular complexity index is 345. The third kappa shape index (κ3) is 3.85. The van der Waals surface area contributed by atoms with Gasteiger partial charge in [-0.1, -0.05) is 0 Å². The molecule has 1 fully saturated rings. The molecule has 0 aromatic carbocycles. The lowest BCUT2D eigenvalue weighted by molar-refractivity contribution is -0.138. The maximum atomic E-state index is 11.4. The van der Waals surface area contributed by atoms with Crippen LogP contribution in [0.4, 0.5) is 0 Å². The number of nitrogens with zero attached hydrogens (tertiary/aromatic N) is 1. The average molecular weight is 258 g/mol. The monoisotopic (exact) mass is 258 g/mol. The van der Waals surface area contributed by atoms with Crippen molar-refractivity contribution in [2.24, 2.45) is 0 Å². The molecule has 3 amide bonds. The number of thiol groups is 1. The Morgan fingerprint density at radius 2 is 2.24 bits per heavy atom. The zero-order chi connectivity index (χ0) is 12.8. The van der Waals surface area contributed by atoms with Gasteiger partial charge in [0.15, 0.2) is 0 Å². The Labute approximate surface area is 104 Å². The maximum Gasteiger partial charge on any atom is 0.242 e.